The molecule has 0 radical (unpaired) electrons. The molecule has 5 nitrogen and oxygen atoms in total. The fourth-order valence-electron chi connectivity index (χ4n) is 3.50. The van der Waals surface area contributed by atoms with Crippen LogP contribution >= 0.6 is 22.7 Å². The normalized spacial score (nSPS) is 20.7. The first-order valence-corrected chi connectivity index (χ1v) is 10.2. The number of piperidine rings is 1. The molecule has 0 aliphatic carbocycles. The van der Waals surface area contributed by atoms with Gasteiger partial charge in [-0.2, -0.15) is 4.52 Å². The zero-order valence-corrected chi connectivity index (χ0v) is 15.6. The van der Waals surface area contributed by atoms with Crippen molar-refractivity contribution in [1.82, 2.24) is 19.5 Å². The molecule has 1 aliphatic rings. The van der Waals surface area contributed by atoms with Crippen LogP contribution in [0.25, 0.3) is 4.96 Å². The van der Waals surface area contributed by atoms with Gasteiger partial charge in [0.05, 0.1) is 10.9 Å². The maximum atomic E-state index is 10.8. The maximum absolute atomic E-state index is 10.8. The fourth-order valence-corrected chi connectivity index (χ4v) is 5.57. The highest BCUT2D eigenvalue weighted by molar-refractivity contribution is 7.17. The third-order valence-corrected chi connectivity index (χ3v) is 6.67. The molecule has 24 heavy (non-hydrogen) atoms. The van der Waals surface area contributed by atoms with Crippen molar-refractivity contribution in [1.29, 1.82) is 0 Å². The predicted molar refractivity (Wildman–Crippen MR) is 98.0 cm³/mol. The minimum Gasteiger partial charge on any atom is -0.492 e. The number of aromatic nitrogens is 3. The Bertz CT molecular complexity index is 823. The summed E-state index contributed by atoms with van der Waals surface area (Å²) in [6.45, 7) is 6.48. The topological polar surface area (TPSA) is 53.7 Å². The number of aryl methyl sites for hydroxylation is 1. The van der Waals surface area contributed by atoms with E-state index >= 15 is 0 Å². The van der Waals surface area contributed by atoms with Gasteiger partial charge in [0.1, 0.15) is 0 Å². The Hall–Kier alpha value is -1.44. The van der Waals surface area contributed by atoms with Crippen molar-refractivity contribution in [3.63, 3.8) is 0 Å². The number of fused-ring (bicyclic) bond motifs is 1. The second-order valence-corrected chi connectivity index (χ2v) is 8.51. The van der Waals surface area contributed by atoms with E-state index < -0.39 is 0 Å². The van der Waals surface area contributed by atoms with Crippen molar-refractivity contribution in [3.8, 4) is 5.88 Å². The molecule has 2 atom stereocenters. The van der Waals surface area contributed by atoms with E-state index in [9.17, 15) is 5.11 Å². The zero-order valence-electron chi connectivity index (χ0n) is 14.0. The number of aromatic hydroxyl groups is 1. The van der Waals surface area contributed by atoms with Crippen LogP contribution < -0.4 is 0 Å². The van der Waals surface area contributed by atoms with Gasteiger partial charge in [0, 0.05) is 17.8 Å². The molecular formula is C17H22N4OS2. The van der Waals surface area contributed by atoms with Gasteiger partial charge in [0.15, 0.2) is 5.82 Å². The highest BCUT2D eigenvalue weighted by atomic mass is 32.1. The average molecular weight is 363 g/mol. The lowest BCUT2D eigenvalue weighted by molar-refractivity contribution is 0.150. The van der Waals surface area contributed by atoms with E-state index in [1.807, 2.05) is 6.92 Å². The van der Waals surface area contributed by atoms with Crippen molar-refractivity contribution in [2.75, 3.05) is 13.1 Å². The molecule has 0 unspecified atom stereocenters. The minimum atomic E-state index is 0.103. The van der Waals surface area contributed by atoms with Gasteiger partial charge < -0.3 is 5.11 Å². The van der Waals surface area contributed by atoms with Gasteiger partial charge in [-0.3, -0.25) is 4.90 Å². The van der Waals surface area contributed by atoms with Crippen LogP contribution in [0, 0.1) is 5.92 Å². The van der Waals surface area contributed by atoms with Gasteiger partial charge in [-0.1, -0.05) is 31.3 Å². The molecule has 0 spiro atoms. The predicted octanol–water partition coefficient (Wildman–Crippen LogP) is 3.94. The summed E-state index contributed by atoms with van der Waals surface area (Å²) >= 11 is 3.32. The molecule has 0 saturated carbocycles. The number of likely N-dealkylation sites (tertiary alicyclic amines) is 1. The van der Waals surface area contributed by atoms with E-state index in [1.165, 1.54) is 17.7 Å². The van der Waals surface area contributed by atoms with Crippen LogP contribution in [0.15, 0.2) is 17.5 Å². The first-order valence-electron chi connectivity index (χ1n) is 8.52. The van der Waals surface area contributed by atoms with Crippen LogP contribution in [0.3, 0.4) is 0 Å². The second kappa shape index (κ2) is 6.46. The number of thiophene rings is 1. The van der Waals surface area contributed by atoms with Gasteiger partial charge in [0.25, 0.3) is 0 Å². The number of hydrogen-bond donors (Lipinski definition) is 1. The molecule has 4 rings (SSSR count). The van der Waals surface area contributed by atoms with Crippen LogP contribution in [0.4, 0.5) is 0 Å². The lowest BCUT2D eigenvalue weighted by Gasteiger charge is -2.36. The summed E-state index contributed by atoms with van der Waals surface area (Å²) in [5.74, 6) is 1.72. The molecule has 3 aromatic heterocycles. The van der Waals surface area contributed by atoms with E-state index in [1.54, 1.807) is 27.2 Å². The first kappa shape index (κ1) is 16.1. The molecule has 1 fully saturated rings. The maximum Gasteiger partial charge on any atom is 0.230 e. The number of hydrogen-bond acceptors (Lipinski definition) is 6. The third kappa shape index (κ3) is 2.74. The average Bonchev–Trinajstić information content (AvgIpc) is 3.28. The van der Waals surface area contributed by atoms with Crippen LogP contribution in [0.1, 0.15) is 48.3 Å². The summed E-state index contributed by atoms with van der Waals surface area (Å²) in [5, 5.41) is 17.3. The Kier molecular flexibility index (Phi) is 4.32. The van der Waals surface area contributed by atoms with Gasteiger partial charge in [-0.25, -0.2) is 4.98 Å². The number of thiazole rings is 1. The van der Waals surface area contributed by atoms with Crippen molar-refractivity contribution in [2.45, 2.75) is 39.2 Å². The minimum absolute atomic E-state index is 0.103. The summed E-state index contributed by atoms with van der Waals surface area (Å²) < 4.78 is 1.60. The van der Waals surface area contributed by atoms with Crippen LogP contribution in [0.5, 0.6) is 5.88 Å². The summed E-state index contributed by atoms with van der Waals surface area (Å²) in [4.78, 5) is 10.1. The molecule has 128 valence electrons. The Labute approximate surface area is 149 Å². The highest BCUT2D eigenvalue weighted by Gasteiger charge is 2.32. The Morgan fingerprint density at radius 2 is 2.33 bits per heavy atom. The molecule has 3 aromatic rings. The molecular weight excluding hydrogens is 340 g/mol. The van der Waals surface area contributed by atoms with E-state index in [4.69, 9.17) is 0 Å². The van der Waals surface area contributed by atoms with Gasteiger partial charge >= 0.3 is 0 Å². The highest BCUT2D eigenvalue weighted by Crippen LogP contribution is 2.42. The summed E-state index contributed by atoms with van der Waals surface area (Å²) in [6.07, 6.45) is 3.28. The summed E-state index contributed by atoms with van der Waals surface area (Å²) in [7, 11) is 0. The Morgan fingerprint density at radius 3 is 3.00 bits per heavy atom. The molecule has 0 amide bonds. The lowest BCUT2D eigenvalue weighted by atomic mass is 9.98. The lowest BCUT2D eigenvalue weighted by Crippen LogP contribution is -2.37. The monoisotopic (exact) mass is 362 g/mol. The molecule has 1 aliphatic heterocycles. The molecule has 0 aromatic carbocycles. The van der Waals surface area contributed by atoms with Gasteiger partial charge in [0.2, 0.25) is 10.8 Å². The SMILES string of the molecule is CCc1nc2sc([C@H](c3cccs3)N3CCC[C@@H](C)C3)c(O)n2n1. The van der Waals surface area contributed by atoms with Crippen LogP contribution in [-0.2, 0) is 6.42 Å². The fraction of sp³-hybridized carbons (Fsp3) is 0.529. The van der Waals surface area contributed by atoms with E-state index in [0.717, 1.165) is 35.2 Å². The zero-order chi connectivity index (χ0) is 16.7. The second-order valence-electron chi connectivity index (χ2n) is 6.53. The van der Waals surface area contributed by atoms with Crippen LogP contribution in [0.2, 0.25) is 0 Å². The van der Waals surface area contributed by atoms with Gasteiger partial charge in [-0.15, -0.1) is 16.4 Å². The van der Waals surface area contributed by atoms with Crippen molar-refractivity contribution in [3.05, 3.63) is 33.1 Å². The van der Waals surface area contributed by atoms with Crippen molar-refractivity contribution >= 4 is 27.6 Å². The molecule has 4 heterocycles. The first-order chi connectivity index (χ1) is 11.7. The number of rotatable bonds is 4. The van der Waals surface area contributed by atoms with Crippen molar-refractivity contribution in [2.24, 2.45) is 5.92 Å². The van der Waals surface area contributed by atoms with Crippen molar-refractivity contribution < 1.29 is 5.11 Å². The largest absolute Gasteiger partial charge is 0.492 e. The van der Waals surface area contributed by atoms with E-state index in [0.29, 0.717) is 5.92 Å². The standard InChI is InChI=1S/C17H22N4OS2/c1-3-13-18-17-21(19-13)16(22)15(24-17)14(12-7-5-9-23-12)20-8-4-6-11(2)10-20/h5,7,9,11,14,22H,3-4,6,8,10H2,1-2H3/t11-,14+/m1/s1. The van der Waals surface area contributed by atoms with E-state index in [2.05, 4.69) is 39.4 Å². The van der Waals surface area contributed by atoms with E-state index in [-0.39, 0.29) is 11.9 Å². The molecule has 1 N–H and O–H groups in total. The Morgan fingerprint density at radius 1 is 1.46 bits per heavy atom. The smallest absolute Gasteiger partial charge is 0.230 e. The third-order valence-electron chi connectivity index (χ3n) is 4.67. The van der Waals surface area contributed by atoms with Gasteiger partial charge in [-0.05, 0) is 36.8 Å². The number of nitrogens with zero attached hydrogens (tertiary/aromatic N) is 4. The summed E-state index contributed by atoms with van der Waals surface area (Å²) in [6, 6.07) is 4.36. The molecule has 1 saturated heterocycles. The summed E-state index contributed by atoms with van der Waals surface area (Å²) in [5.41, 5.74) is 0. The quantitative estimate of drug-likeness (QED) is 0.764. The molecule has 7 heteroatoms. The molecule has 0 bridgehead atoms. The van der Waals surface area contributed by atoms with Crippen LogP contribution in [-0.4, -0.2) is 37.7 Å². The Balaban J connectivity index is 1.78.